The smallest absolute Gasteiger partial charge is 0.106 e. The summed E-state index contributed by atoms with van der Waals surface area (Å²) in [6.45, 7) is 2.00. The van der Waals surface area contributed by atoms with Crippen LogP contribution in [0.4, 0.5) is 0 Å². The Hall–Kier alpha value is 0.270. The van der Waals surface area contributed by atoms with Crippen LogP contribution in [0.5, 0.6) is 0 Å². The Morgan fingerprint density at radius 3 is 2.50 bits per heavy atom. The minimum atomic E-state index is 0.395. The fourth-order valence-electron chi connectivity index (χ4n) is 1.34. The van der Waals surface area contributed by atoms with Crippen molar-refractivity contribution in [2.24, 2.45) is 0 Å². The molecule has 72 valence electrons. The average Bonchev–Trinajstić information content (AvgIpc) is 2.13. The third kappa shape index (κ3) is 4.33. The number of halogens is 1. The van der Waals surface area contributed by atoms with Gasteiger partial charge >= 0.3 is 0 Å². The molecule has 0 radical (unpaired) electrons. The minimum absolute atomic E-state index is 0.395. The molecule has 1 N–H and O–H groups in total. The molecule has 12 heavy (non-hydrogen) atoms. The van der Waals surface area contributed by atoms with Crippen LogP contribution in [0.25, 0.3) is 0 Å². The molecule has 0 saturated heterocycles. The van der Waals surface area contributed by atoms with Crippen LogP contribution in [0.1, 0.15) is 25.7 Å². The highest BCUT2D eigenvalue weighted by atomic mass is 35.5. The standard InChI is InChI=1S/C7H14ClNS.CH2O/c1-9-10-7-5-3-2-4-6(7)8;1-2/h6-7,9H,2-5H2,1H3;1H2. The number of carbonyl (C=O) groups excluding carboxylic acids is 1. The molecule has 1 saturated carbocycles. The van der Waals surface area contributed by atoms with Crippen LogP contribution < -0.4 is 4.72 Å². The van der Waals surface area contributed by atoms with Crippen molar-refractivity contribution in [3.05, 3.63) is 0 Å². The van der Waals surface area contributed by atoms with Crippen LogP contribution in [-0.4, -0.2) is 24.5 Å². The molecule has 0 aromatic carbocycles. The lowest BCUT2D eigenvalue weighted by Gasteiger charge is -2.25. The fourth-order valence-corrected chi connectivity index (χ4v) is 2.64. The second-order valence-electron chi connectivity index (χ2n) is 2.66. The Kier molecular flexibility index (Phi) is 8.07. The summed E-state index contributed by atoms with van der Waals surface area (Å²) in [6.07, 6.45) is 5.14. The van der Waals surface area contributed by atoms with Crippen LogP contribution in [0, 0.1) is 0 Å². The Balaban J connectivity index is 0.000000561. The van der Waals surface area contributed by atoms with E-state index in [4.69, 9.17) is 16.4 Å². The van der Waals surface area contributed by atoms with E-state index in [2.05, 4.69) is 4.72 Å². The molecule has 1 fully saturated rings. The van der Waals surface area contributed by atoms with Crippen LogP contribution in [0.2, 0.25) is 0 Å². The summed E-state index contributed by atoms with van der Waals surface area (Å²) in [5.41, 5.74) is 0. The van der Waals surface area contributed by atoms with Gasteiger partial charge in [-0.2, -0.15) is 0 Å². The highest BCUT2D eigenvalue weighted by Gasteiger charge is 2.22. The molecule has 1 rings (SSSR count). The zero-order valence-corrected chi connectivity index (χ0v) is 8.96. The summed E-state index contributed by atoms with van der Waals surface area (Å²) in [4.78, 5) is 8.00. The number of hydrogen-bond donors (Lipinski definition) is 1. The van der Waals surface area contributed by atoms with Crippen LogP contribution in [0.15, 0.2) is 0 Å². The lowest BCUT2D eigenvalue weighted by Crippen LogP contribution is -2.24. The molecule has 0 aromatic heterocycles. The predicted octanol–water partition coefficient (Wildman–Crippen LogP) is 2.22. The molecule has 1 aliphatic carbocycles. The zero-order valence-electron chi connectivity index (χ0n) is 7.38. The first-order chi connectivity index (χ1) is 5.84. The van der Waals surface area contributed by atoms with Crippen molar-refractivity contribution >= 4 is 30.3 Å². The molecule has 0 spiro atoms. The molecule has 2 atom stereocenters. The SMILES string of the molecule is C=O.CNSC1CCCCC1Cl. The first-order valence-corrected chi connectivity index (χ1v) is 5.41. The van der Waals surface area contributed by atoms with E-state index in [1.54, 1.807) is 11.9 Å². The van der Waals surface area contributed by atoms with Gasteiger partial charge in [-0.15, -0.1) is 11.6 Å². The Bertz CT molecular complexity index is 113. The topological polar surface area (TPSA) is 29.1 Å². The van der Waals surface area contributed by atoms with Gasteiger partial charge in [0, 0.05) is 10.6 Å². The van der Waals surface area contributed by atoms with Gasteiger partial charge in [0.25, 0.3) is 0 Å². The first-order valence-electron chi connectivity index (χ1n) is 4.10. The van der Waals surface area contributed by atoms with Crippen molar-refractivity contribution < 1.29 is 4.79 Å². The van der Waals surface area contributed by atoms with Gasteiger partial charge in [-0.25, -0.2) is 0 Å². The molecule has 0 aromatic rings. The maximum Gasteiger partial charge on any atom is 0.106 e. The molecule has 4 heteroatoms. The van der Waals surface area contributed by atoms with Gasteiger partial charge in [-0.1, -0.05) is 24.8 Å². The number of alkyl halides is 1. The van der Waals surface area contributed by atoms with Crippen molar-refractivity contribution in [1.82, 2.24) is 4.72 Å². The molecule has 0 amide bonds. The minimum Gasteiger partial charge on any atom is -0.307 e. The lowest BCUT2D eigenvalue weighted by atomic mass is 10.00. The van der Waals surface area contributed by atoms with Crippen molar-refractivity contribution in [2.45, 2.75) is 36.3 Å². The van der Waals surface area contributed by atoms with Crippen molar-refractivity contribution in [2.75, 3.05) is 7.05 Å². The van der Waals surface area contributed by atoms with Gasteiger partial charge in [0.2, 0.25) is 0 Å². The van der Waals surface area contributed by atoms with Crippen molar-refractivity contribution in [3.8, 4) is 0 Å². The zero-order chi connectivity index (χ0) is 9.40. The maximum atomic E-state index is 8.00. The summed E-state index contributed by atoms with van der Waals surface area (Å²) in [7, 11) is 1.96. The molecule has 0 aliphatic heterocycles. The number of rotatable bonds is 2. The van der Waals surface area contributed by atoms with Gasteiger partial charge in [0.15, 0.2) is 0 Å². The van der Waals surface area contributed by atoms with Gasteiger partial charge in [-0.05, 0) is 19.9 Å². The Morgan fingerprint density at radius 1 is 1.42 bits per heavy atom. The Labute approximate surface area is 83.6 Å². The lowest BCUT2D eigenvalue weighted by molar-refractivity contribution is -0.0979. The van der Waals surface area contributed by atoms with Crippen molar-refractivity contribution in [3.63, 3.8) is 0 Å². The monoisotopic (exact) mass is 209 g/mol. The summed E-state index contributed by atoms with van der Waals surface area (Å²) in [5.74, 6) is 0. The van der Waals surface area contributed by atoms with E-state index in [-0.39, 0.29) is 0 Å². The fraction of sp³-hybridized carbons (Fsp3) is 0.875. The van der Waals surface area contributed by atoms with Gasteiger partial charge in [0.1, 0.15) is 6.79 Å². The highest BCUT2D eigenvalue weighted by molar-refractivity contribution is 7.98. The van der Waals surface area contributed by atoms with E-state index in [0.717, 1.165) is 0 Å². The Morgan fingerprint density at radius 2 is 2.00 bits per heavy atom. The number of hydrogen-bond acceptors (Lipinski definition) is 3. The van der Waals surface area contributed by atoms with E-state index in [1.165, 1.54) is 25.7 Å². The summed E-state index contributed by atoms with van der Waals surface area (Å²) in [5, 5.41) is 1.03. The molecule has 0 heterocycles. The average molecular weight is 210 g/mol. The van der Waals surface area contributed by atoms with Gasteiger partial charge in [0.05, 0.1) is 0 Å². The molecule has 1 aliphatic rings. The largest absolute Gasteiger partial charge is 0.307 e. The predicted molar refractivity (Wildman–Crippen MR) is 55.7 cm³/mol. The quantitative estimate of drug-likeness (QED) is 0.559. The van der Waals surface area contributed by atoms with E-state index >= 15 is 0 Å². The molecule has 0 bridgehead atoms. The molecular formula is C8H16ClNOS. The third-order valence-corrected chi connectivity index (χ3v) is 3.67. The van der Waals surface area contributed by atoms with Crippen LogP contribution in [0.3, 0.4) is 0 Å². The molecular weight excluding hydrogens is 194 g/mol. The number of carbonyl (C=O) groups is 1. The second-order valence-corrected chi connectivity index (χ2v) is 4.47. The van der Waals surface area contributed by atoms with Crippen molar-refractivity contribution in [1.29, 1.82) is 0 Å². The maximum absolute atomic E-state index is 8.00. The third-order valence-electron chi connectivity index (χ3n) is 1.89. The summed E-state index contributed by atoms with van der Waals surface area (Å²) >= 11 is 7.88. The van der Waals surface area contributed by atoms with Gasteiger partial charge in [-0.3, -0.25) is 4.72 Å². The highest BCUT2D eigenvalue weighted by Crippen LogP contribution is 2.30. The van der Waals surface area contributed by atoms with Gasteiger partial charge < -0.3 is 4.79 Å². The van der Waals surface area contributed by atoms with Crippen LogP contribution >= 0.6 is 23.5 Å². The van der Waals surface area contributed by atoms with E-state index in [1.807, 2.05) is 13.8 Å². The van der Waals surface area contributed by atoms with E-state index in [0.29, 0.717) is 10.6 Å². The van der Waals surface area contributed by atoms with E-state index < -0.39 is 0 Å². The summed E-state index contributed by atoms with van der Waals surface area (Å²) in [6, 6.07) is 0. The van der Waals surface area contributed by atoms with E-state index in [9.17, 15) is 0 Å². The molecule has 2 unspecified atom stereocenters. The number of nitrogens with one attached hydrogen (secondary N) is 1. The summed E-state index contributed by atoms with van der Waals surface area (Å²) < 4.78 is 3.10. The normalized spacial score (nSPS) is 28.8. The van der Waals surface area contributed by atoms with Crippen LogP contribution in [-0.2, 0) is 4.79 Å². The molecule has 2 nitrogen and oxygen atoms in total. The second kappa shape index (κ2) is 7.90. The first kappa shape index (κ1) is 12.3.